The van der Waals surface area contributed by atoms with Gasteiger partial charge in [-0.15, -0.1) is 0 Å². The van der Waals surface area contributed by atoms with Crippen LogP contribution in [-0.2, 0) is 0 Å². The van der Waals surface area contributed by atoms with Gasteiger partial charge in [-0.05, 0) is 53.2 Å². The molecule has 98 valence electrons. The lowest BCUT2D eigenvalue weighted by atomic mass is 10.1. The molecule has 0 aliphatic rings. The van der Waals surface area contributed by atoms with Gasteiger partial charge in [0.1, 0.15) is 11.6 Å². The molecule has 0 N–H and O–H groups in total. The molecule has 0 saturated carbocycles. The molecular formula is C14H9BrF2O2. The van der Waals surface area contributed by atoms with Crippen LogP contribution in [0, 0.1) is 11.6 Å². The number of Topliss-reactive ketones (excluding diaryl/α,β-unsaturated/α-hetero) is 1. The highest BCUT2D eigenvalue weighted by Crippen LogP contribution is 2.32. The van der Waals surface area contributed by atoms with Gasteiger partial charge in [0.2, 0.25) is 0 Å². The summed E-state index contributed by atoms with van der Waals surface area (Å²) < 4.78 is 32.1. The van der Waals surface area contributed by atoms with Crippen LogP contribution in [0.5, 0.6) is 11.5 Å². The van der Waals surface area contributed by atoms with Crippen molar-refractivity contribution in [1.82, 2.24) is 0 Å². The van der Waals surface area contributed by atoms with E-state index in [2.05, 4.69) is 15.9 Å². The number of ketones is 1. The summed E-state index contributed by atoms with van der Waals surface area (Å²) in [5.74, 6) is -1.29. The Balaban J connectivity index is 2.31. The third-order valence-corrected chi connectivity index (χ3v) is 3.07. The third kappa shape index (κ3) is 3.17. The van der Waals surface area contributed by atoms with E-state index >= 15 is 0 Å². The van der Waals surface area contributed by atoms with Crippen LogP contribution in [0.15, 0.2) is 40.9 Å². The Morgan fingerprint density at radius 2 is 1.79 bits per heavy atom. The Morgan fingerprint density at radius 1 is 1.11 bits per heavy atom. The number of halogens is 3. The highest BCUT2D eigenvalue weighted by molar-refractivity contribution is 9.10. The largest absolute Gasteiger partial charge is 0.453 e. The zero-order valence-corrected chi connectivity index (χ0v) is 11.5. The Kier molecular flexibility index (Phi) is 3.95. The van der Waals surface area contributed by atoms with E-state index in [1.807, 2.05) is 0 Å². The highest BCUT2D eigenvalue weighted by atomic mass is 79.9. The first kappa shape index (κ1) is 13.7. The van der Waals surface area contributed by atoms with Gasteiger partial charge in [0.25, 0.3) is 0 Å². The highest BCUT2D eigenvalue weighted by Gasteiger charge is 2.10. The summed E-state index contributed by atoms with van der Waals surface area (Å²) in [6, 6.07) is 7.76. The summed E-state index contributed by atoms with van der Waals surface area (Å²) in [5.41, 5.74) is 0.513. The number of rotatable bonds is 3. The zero-order chi connectivity index (χ0) is 14.0. The molecule has 0 heterocycles. The first-order valence-electron chi connectivity index (χ1n) is 5.41. The van der Waals surface area contributed by atoms with Crippen LogP contribution in [0.4, 0.5) is 8.78 Å². The number of carbonyl (C=O) groups excluding carboxylic acids is 1. The minimum absolute atomic E-state index is 0.0831. The molecule has 0 aliphatic carbocycles. The molecule has 2 nitrogen and oxygen atoms in total. The van der Waals surface area contributed by atoms with Gasteiger partial charge >= 0.3 is 0 Å². The molecule has 0 atom stereocenters. The van der Waals surface area contributed by atoms with Crippen LogP contribution >= 0.6 is 15.9 Å². The third-order valence-electron chi connectivity index (χ3n) is 2.45. The second kappa shape index (κ2) is 5.48. The molecule has 2 rings (SSSR count). The van der Waals surface area contributed by atoms with Gasteiger partial charge in [0.05, 0.1) is 4.47 Å². The van der Waals surface area contributed by atoms with Crippen LogP contribution < -0.4 is 4.74 Å². The van der Waals surface area contributed by atoms with E-state index < -0.39 is 11.6 Å². The Hall–Kier alpha value is -1.75. The quantitative estimate of drug-likeness (QED) is 0.763. The predicted molar refractivity (Wildman–Crippen MR) is 70.6 cm³/mol. The van der Waals surface area contributed by atoms with Crippen molar-refractivity contribution in [1.29, 1.82) is 0 Å². The van der Waals surface area contributed by atoms with E-state index in [-0.39, 0.29) is 11.5 Å². The number of ether oxygens (including phenoxy) is 1. The molecule has 2 aromatic carbocycles. The van der Waals surface area contributed by atoms with E-state index in [1.165, 1.54) is 13.0 Å². The molecule has 0 spiro atoms. The van der Waals surface area contributed by atoms with Crippen molar-refractivity contribution in [3.8, 4) is 11.5 Å². The molecule has 0 saturated heterocycles. The van der Waals surface area contributed by atoms with Crippen LogP contribution in [-0.4, -0.2) is 5.78 Å². The van der Waals surface area contributed by atoms with Crippen molar-refractivity contribution < 1.29 is 18.3 Å². The van der Waals surface area contributed by atoms with Crippen LogP contribution in [0.3, 0.4) is 0 Å². The minimum atomic E-state index is -0.789. The molecule has 0 fully saturated rings. The van der Waals surface area contributed by atoms with Crippen LogP contribution in [0.1, 0.15) is 17.3 Å². The molecule has 19 heavy (non-hydrogen) atoms. The van der Waals surface area contributed by atoms with E-state index in [9.17, 15) is 13.6 Å². The van der Waals surface area contributed by atoms with Gasteiger partial charge < -0.3 is 4.74 Å². The van der Waals surface area contributed by atoms with Gasteiger partial charge in [-0.25, -0.2) is 8.78 Å². The van der Waals surface area contributed by atoms with Gasteiger partial charge in [0.15, 0.2) is 17.3 Å². The molecular weight excluding hydrogens is 318 g/mol. The standard InChI is InChI=1S/C14H9BrF2O2/c1-8(18)9-2-4-13(11(15)6-9)19-14-5-3-10(16)7-12(14)17/h2-7H,1H3. The second-order valence-corrected chi connectivity index (χ2v) is 4.73. The maximum atomic E-state index is 13.4. The molecule has 0 bridgehead atoms. The van der Waals surface area contributed by atoms with Crippen LogP contribution in [0.25, 0.3) is 0 Å². The summed E-state index contributed by atoms with van der Waals surface area (Å²) >= 11 is 3.24. The van der Waals surface area contributed by atoms with Gasteiger partial charge in [-0.1, -0.05) is 0 Å². The van der Waals surface area contributed by atoms with Crippen molar-refractivity contribution in [3.05, 3.63) is 58.1 Å². The molecule has 5 heteroatoms. The SMILES string of the molecule is CC(=O)c1ccc(Oc2ccc(F)cc2F)c(Br)c1. The van der Waals surface area contributed by atoms with Crippen LogP contribution in [0.2, 0.25) is 0 Å². The van der Waals surface area contributed by atoms with Crippen molar-refractivity contribution in [2.24, 2.45) is 0 Å². The zero-order valence-electron chi connectivity index (χ0n) is 9.91. The monoisotopic (exact) mass is 326 g/mol. The predicted octanol–water partition coefficient (Wildman–Crippen LogP) is 4.72. The average Bonchev–Trinajstić information content (AvgIpc) is 2.34. The Bertz CT molecular complexity index is 641. The molecule has 2 aromatic rings. The van der Waals surface area contributed by atoms with Crippen molar-refractivity contribution >= 4 is 21.7 Å². The fourth-order valence-corrected chi connectivity index (χ4v) is 1.94. The normalized spacial score (nSPS) is 10.3. The first-order valence-corrected chi connectivity index (χ1v) is 6.20. The van der Waals surface area contributed by atoms with Crippen molar-refractivity contribution in [2.45, 2.75) is 6.92 Å². The lowest BCUT2D eigenvalue weighted by Gasteiger charge is -2.09. The lowest BCUT2D eigenvalue weighted by Crippen LogP contribution is -1.94. The molecule has 0 aliphatic heterocycles. The van der Waals surface area contributed by atoms with E-state index in [0.29, 0.717) is 15.8 Å². The van der Waals surface area contributed by atoms with Gasteiger partial charge in [-0.2, -0.15) is 0 Å². The molecule has 0 aromatic heterocycles. The van der Waals surface area contributed by atoms with E-state index in [4.69, 9.17) is 4.74 Å². The first-order chi connectivity index (χ1) is 8.97. The van der Waals surface area contributed by atoms with Gasteiger partial charge in [0, 0.05) is 11.6 Å². The smallest absolute Gasteiger partial charge is 0.168 e. The van der Waals surface area contributed by atoms with Crippen molar-refractivity contribution in [3.63, 3.8) is 0 Å². The maximum Gasteiger partial charge on any atom is 0.168 e. The number of hydrogen-bond donors (Lipinski definition) is 0. The van der Waals surface area contributed by atoms with E-state index in [0.717, 1.165) is 12.1 Å². The maximum absolute atomic E-state index is 13.4. The number of carbonyl (C=O) groups is 1. The van der Waals surface area contributed by atoms with E-state index in [1.54, 1.807) is 18.2 Å². The average molecular weight is 327 g/mol. The fraction of sp³-hybridized carbons (Fsp3) is 0.0714. The Morgan fingerprint density at radius 3 is 2.37 bits per heavy atom. The van der Waals surface area contributed by atoms with Gasteiger partial charge in [-0.3, -0.25) is 4.79 Å². The molecule has 0 unspecified atom stereocenters. The second-order valence-electron chi connectivity index (χ2n) is 3.88. The number of hydrogen-bond acceptors (Lipinski definition) is 2. The summed E-state index contributed by atoms with van der Waals surface area (Å²) in [7, 11) is 0. The van der Waals surface area contributed by atoms with Crippen molar-refractivity contribution in [2.75, 3.05) is 0 Å². The lowest BCUT2D eigenvalue weighted by molar-refractivity contribution is 0.101. The Labute approximate surface area is 117 Å². The summed E-state index contributed by atoms with van der Waals surface area (Å²) in [4.78, 5) is 11.2. The fourth-order valence-electron chi connectivity index (χ4n) is 1.48. The summed E-state index contributed by atoms with van der Waals surface area (Å²) in [5, 5.41) is 0. The molecule has 0 radical (unpaired) electrons. The number of benzene rings is 2. The summed E-state index contributed by atoms with van der Waals surface area (Å²) in [6.07, 6.45) is 0. The minimum Gasteiger partial charge on any atom is -0.453 e. The summed E-state index contributed by atoms with van der Waals surface area (Å²) in [6.45, 7) is 1.45. The molecule has 0 amide bonds. The topological polar surface area (TPSA) is 26.3 Å².